The molecule has 2 aromatic rings. The number of hydrogen-bond acceptors (Lipinski definition) is 4. The van der Waals surface area contributed by atoms with Gasteiger partial charge in [-0.15, -0.1) is 0 Å². The van der Waals surface area contributed by atoms with Crippen LogP contribution in [0.3, 0.4) is 0 Å². The summed E-state index contributed by atoms with van der Waals surface area (Å²) in [4.78, 5) is 14.9. The number of cyclic esters (lactones) is 1. The summed E-state index contributed by atoms with van der Waals surface area (Å²) in [5.41, 5.74) is 6.37. The van der Waals surface area contributed by atoms with Gasteiger partial charge in [0.15, 0.2) is 0 Å². The van der Waals surface area contributed by atoms with Crippen molar-refractivity contribution in [1.82, 2.24) is 4.90 Å². The molecule has 32 heavy (non-hydrogen) atoms. The minimum absolute atomic E-state index is 0.147. The highest BCUT2D eigenvalue weighted by Gasteiger charge is 2.46. The van der Waals surface area contributed by atoms with E-state index in [1.54, 1.807) is 18.7 Å². The van der Waals surface area contributed by atoms with Crippen molar-refractivity contribution >= 4 is 6.09 Å². The first kappa shape index (κ1) is 23.8. The van der Waals surface area contributed by atoms with Gasteiger partial charge in [-0.1, -0.05) is 54.3 Å². The second kappa shape index (κ2) is 8.97. The van der Waals surface area contributed by atoms with Gasteiger partial charge < -0.3 is 20.5 Å². The molecule has 0 radical (unpaired) electrons. The Morgan fingerprint density at radius 3 is 2.28 bits per heavy atom. The molecule has 0 bridgehead atoms. The molecular weight excluding hydrogens is 400 g/mol. The number of rotatable bonds is 5. The van der Waals surface area contributed by atoms with Crippen LogP contribution in [0.15, 0.2) is 54.6 Å². The number of hydrogen-bond donors (Lipinski definition) is 2. The number of amides is 1. The molecule has 1 aliphatic rings. The van der Waals surface area contributed by atoms with Crippen LogP contribution < -0.4 is 5.73 Å². The molecule has 1 saturated heterocycles. The second-order valence-corrected chi connectivity index (χ2v) is 9.93. The third-order valence-corrected chi connectivity index (χ3v) is 5.68. The summed E-state index contributed by atoms with van der Waals surface area (Å²) in [5, 5.41) is 10.5. The fourth-order valence-corrected chi connectivity index (χ4v) is 4.15. The molecule has 0 aromatic heterocycles. The second-order valence-electron chi connectivity index (χ2n) is 9.93. The Morgan fingerprint density at radius 2 is 1.75 bits per heavy atom. The zero-order valence-corrected chi connectivity index (χ0v) is 19.7. The Kier molecular flexibility index (Phi) is 6.69. The highest BCUT2D eigenvalue weighted by atomic mass is 16.6. The third-order valence-electron chi connectivity index (χ3n) is 5.68. The molecule has 3 N–H and O–H groups in total. The van der Waals surface area contributed by atoms with Gasteiger partial charge in [0.2, 0.25) is 0 Å². The summed E-state index contributed by atoms with van der Waals surface area (Å²) >= 11 is 0. The van der Waals surface area contributed by atoms with Crippen molar-refractivity contribution in [2.24, 2.45) is 5.73 Å². The van der Waals surface area contributed by atoms with Gasteiger partial charge in [0, 0.05) is 24.9 Å². The number of aliphatic hydroxyl groups is 1. The molecule has 0 spiro atoms. The molecule has 170 valence electrons. The van der Waals surface area contributed by atoms with Gasteiger partial charge in [0.05, 0.1) is 17.2 Å². The highest BCUT2D eigenvalue weighted by molar-refractivity contribution is 5.70. The standard InChI is InChI=1S/C27H34N2O3/c1-20(22-13-11-21(12-14-22)15-16-25(2,3)28)29-18-17-27(32-24(29)30,19-26(4,5)31)23-9-7-6-8-10-23/h6-14,20,31H,17-19,28H2,1-5H3/t20-,27?/m0/s1. The largest absolute Gasteiger partial charge is 0.438 e. The van der Waals surface area contributed by atoms with E-state index in [1.807, 2.05) is 75.4 Å². The number of carbonyl (C=O) groups excluding carboxylic acids is 1. The molecule has 1 aliphatic heterocycles. The molecule has 0 saturated carbocycles. The lowest BCUT2D eigenvalue weighted by molar-refractivity contribution is -0.101. The summed E-state index contributed by atoms with van der Waals surface area (Å²) in [7, 11) is 0. The average molecular weight is 435 g/mol. The maximum atomic E-state index is 13.1. The minimum Gasteiger partial charge on any atom is -0.438 e. The Morgan fingerprint density at radius 1 is 1.12 bits per heavy atom. The molecule has 0 aliphatic carbocycles. The molecule has 2 atom stereocenters. The normalized spacial score (nSPS) is 20.2. The van der Waals surface area contributed by atoms with Crippen molar-refractivity contribution in [2.45, 2.75) is 70.2 Å². The summed E-state index contributed by atoms with van der Waals surface area (Å²) < 4.78 is 6.08. The van der Waals surface area contributed by atoms with E-state index in [4.69, 9.17) is 10.5 Å². The molecule has 1 fully saturated rings. The molecular formula is C27H34N2O3. The fraction of sp³-hybridized carbons (Fsp3) is 0.444. The van der Waals surface area contributed by atoms with Gasteiger partial charge in [-0.2, -0.15) is 0 Å². The summed E-state index contributed by atoms with van der Waals surface area (Å²) in [5.74, 6) is 6.11. The van der Waals surface area contributed by atoms with Crippen LogP contribution in [0, 0.1) is 11.8 Å². The van der Waals surface area contributed by atoms with Gasteiger partial charge in [-0.05, 0) is 57.9 Å². The molecule has 3 rings (SSSR count). The predicted octanol–water partition coefficient (Wildman–Crippen LogP) is 4.74. The van der Waals surface area contributed by atoms with E-state index in [9.17, 15) is 9.90 Å². The van der Waals surface area contributed by atoms with Crippen molar-refractivity contribution < 1.29 is 14.6 Å². The van der Waals surface area contributed by atoms with Crippen molar-refractivity contribution in [2.75, 3.05) is 6.54 Å². The van der Waals surface area contributed by atoms with Crippen LogP contribution in [0.25, 0.3) is 0 Å². The van der Waals surface area contributed by atoms with Gasteiger partial charge in [0.1, 0.15) is 5.60 Å². The first-order valence-corrected chi connectivity index (χ1v) is 11.1. The van der Waals surface area contributed by atoms with E-state index in [0.717, 1.165) is 16.7 Å². The number of nitrogens with two attached hydrogens (primary N) is 1. The first-order chi connectivity index (χ1) is 14.9. The minimum atomic E-state index is -0.973. The monoisotopic (exact) mass is 434 g/mol. The molecule has 5 nitrogen and oxygen atoms in total. The lowest BCUT2D eigenvalue weighted by Crippen LogP contribution is -2.51. The van der Waals surface area contributed by atoms with Crippen molar-refractivity contribution in [3.05, 3.63) is 71.3 Å². The smallest absolute Gasteiger partial charge is 0.411 e. The van der Waals surface area contributed by atoms with E-state index >= 15 is 0 Å². The highest BCUT2D eigenvalue weighted by Crippen LogP contribution is 2.42. The maximum absolute atomic E-state index is 13.1. The first-order valence-electron chi connectivity index (χ1n) is 11.1. The van der Waals surface area contributed by atoms with Gasteiger partial charge >= 0.3 is 6.09 Å². The van der Waals surface area contributed by atoms with Gasteiger partial charge in [-0.3, -0.25) is 0 Å². The van der Waals surface area contributed by atoms with Crippen molar-refractivity contribution in [3.8, 4) is 11.8 Å². The summed E-state index contributed by atoms with van der Waals surface area (Å²) in [6, 6.07) is 17.4. The Bertz CT molecular complexity index is 992. The molecule has 2 aromatic carbocycles. The van der Waals surface area contributed by atoms with Gasteiger partial charge in [0.25, 0.3) is 0 Å². The average Bonchev–Trinajstić information content (AvgIpc) is 2.71. The van der Waals surface area contributed by atoms with Crippen LogP contribution in [-0.4, -0.2) is 33.8 Å². The zero-order chi connectivity index (χ0) is 23.6. The summed E-state index contributed by atoms with van der Waals surface area (Å²) in [6.07, 6.45) is 0.570. The van der Waals surface area contributed by atoms with Crippen LogP contribution in [0.1, 0.15) is 70.2 Å². The molecule has 1 unspecified atom stereocenters. The number of ether oxygens (including phenoxy) is 1. The van der Waals surface area contributed by atoms with E-state index < -0.39 is 16.7 Å². The van der Waals surface area contributed by atoms with Crippen LogP contribution in [0.2, 0.25) is 0 Å². The number of carbonyl (C=O) groups is 1. The lowest BCUT2D eigenvalue weighted by Gasteiger charge is -2.45. The third kappa shape index (κ3) is 5.91. The molecule has 1 amide bonds. The Balaban J connectivity index is 1.79. The molecule has 1 heterocycles. The maximum Gasteiger partial charge on any atom is 0.411 e. The van der Waals surface area contributed by atoms with Crippen LogP contribution >= 0.6 is 0 Å². The zero-order valence-electron chi connectivity index (χ0n) is 19.7. The van der Waals surface area contributed by atoms with Crippen molar-refractivity contribution in [3.63, 3.8) is 0 Å². The Labute approximate surface area is 191 Å². The topological polar surface area (TPSA) is 75.8 Å². The lowest BCUT2D eigenvalue weighted by atomic mass is 9.80. The SMILES string of the molecule is C[C@@H](c1ccc(C#CC(C)(C)N)cc1)N1CCC(CC(C)(C)O)(c2ccccc2)OC1=O. The molecule has 5 heteroatoms. The quantitative estimate of drug-likeness (QED) is 0.667. The van der Waals surface area contributed by atoms with Gasteiger partial charge in [-0.25, -0.2) is 4.79 Å². The van der Waals surface area contributed by atoms with E-state index in [0.29, 0.717) is 19.4 Å². The summed E-state index contributed by atoms with van der Waals surface area (Å²) in [6.45, 7) is 9.76. The number of benzene rings is 2. The van der Waals surface area contributed by atoms with E-state index in [2.05, 4.69) is 11.8 Å². The van der Waals surface area contributed by atoms with Crippen LogP contribution in [-0.2, 0) is 10.3 Å². The van der Waals surface area contributed by atoms with E-state index in [-0.39, 0.29) is 12.1 Å². The van der Waals surface area contributed by atoms with E-state index in [1.165, 1.54) is 0 Å². The van der Waals surface area contributed by atoms with Crippen LogP contribution in [0.5, 0.6) is 0 Å². The van der Waals surface area contributed by atoms with Crippen LogP contribution in [0.4, 0.5) is 4.79 Å². The predicted molar refractivity (Wildman–Crippen MR) is 127 cm³/mol. The van der Waals surface area contributed by atoms with Crippen molar-refractivity contribution in [1.29, 1.82) is 0 Å². The Hall–Kier alpha value is -2.81. The number of nitrogens with zero attached hydrogens (tertiary/aromatic N) is 1. The fourth-order valence-electron chi connectivity index (χ4n) is 4.15.